The van der Waals surface area contributed by atoms with Gasteiger partial charge in [-0.05, 0) is 20.0 Å². The minimum Gasteiger partial charge on any atom is -0.380 e. The summed E-state index contributed by atoms with van der Waals surface area (Å²) in [6.45, 7) is 1.78. The highest BCUT2D eigenvalue weighted by Crippen LogP contribution is 2.21. The van der Waals surface area contributed by atoms with Crippen molar-refractivity contribution in [1.29, 1.82) is 0 Å². The van der Waals surface area contributed by atoms with Gasteiger partial charge in [0.05, 0.1) is 6.10 Å². The van der Waals surface area contributed by atoms with Crippen molar-refractivity contribution in [3.05, 3.63) is 0 Å². The minimum absolute atomic E-state index is 0.201. The Kier molecular flexibility index (Phi) is 3.88. The van der Waals surface area contributed by atoms with Gasteiger partial charge in [0.2, 0.25) is 0 Å². The van der Waals surface area contributed by atoms with E-state index in [0.29, 0.717) is 0 Å². The summed E-state index contributed by atoms with van der Waals surface area (Å²) in [4.78, 5) is 2.13. The van der Waals surface area contributed by atoms with Crippen LogP contribution < -0.4 is 0 Å². The number of hydrogen-bond acceptors (Lipinski definition) is 4. The van der Waals surface area contributed by atoms with Gasteiger partial charge in [-0.2, -0.15) is 8.42 Å². The lowest BCUT2D eigenvalue weighted by atomic mass is 10.0. The molecule has 0 aromatic carbocycles. The van der Waals surface area contributed by atoms with Gasteiger partial charge in [0.15, 0.2) is 0 Å². The number of hydrogen-bond donors (Lipinski definition) is 1. The van der Waals surface area contributed by atoms with Crippen molar-refractivity contribution < 1.29 is 17.7 Å². The first-order valence-corrected chi connectivity index (χ1v) is 6.20. The predicted octanol–water partition coefficient (Wildman–Crippen LogP) is -0.159. The van der Waals surface area contributed by atoms with Crippen molar-refractivity contribution in [2.45, 2.75) is 12.5 Å². The lowest BCUT2D eigenvalue weighted by Crippen LogP contribution is -2.32. The van der Waals surface area contributed by atoms with E-state index in [0.717, 1.165) is 19.5 Å². The SMILES string of the molecule is COC(CS(=O)(=O)O)C1CCN(C)C1. The van der Waals surface area contributed by atoms with Crippen molar-refractivity contribution >= 4 is 10.1 Å². The zero-order valence-electron chi connectivity index (χ0n) is 8.51. The third kappa shape index (κ3) is 3.53. The van der Waals surface area contributed by atoms with Crippen LogP contribution in [-0.4, -0.2) is 57.0 Å². The first-order chi connectivity index (χ1) is 6.42. The lowest BCUT2D eigenvalue weighted by molar-refractivity contribution is 0.0719. The highest BCUT2D eigenvalue weighted by molar-refractivity contribution is 7.85. The van der Waals surface area contributed by atoms with Crippen LogP contribution in [0.5, 0.6) is 0 Å². The van der Waals surface area contributed by atoms with Crippen molar-refractivity contribution in [3.63, 3.8) is 0 Å². The van der Waals surface area contributed by atoms with Crippen LogP contribution in [0.2, 0.25) is 0 Å². The Labute approximate surface area is 84.8 Å². The molecule has 0 aromatic rings. The molecule has 1 aliphatic heterocycles. The van der Waals surface area contributed by atoms with E-state index in [1.165, 1.54) is 7.11 Å². The van der Waals surface area contributed by atoms with Crippen LogP contribution in [0.15, 0.2) is 0 Å². The number of nitrogens with zero attached hydrogens (tertiary/aromatic N) is 1. The Bertz CT molecular complexity index is 277. The maximum absolute atomic E-state index is 10.7. The molecule has 6 heteroatoms. The monoisotopic (exact) mass is 223 g/mol. The molecule has 0 aromatic heterocycles. The van der Waals surface area contributed by atoms with E-state index in [1.54, 1.807) is 0 Å². The van der Waals surface area contributed by atoms with Gasteiger partial charge >= 0.3 is 0 Å². The van der Waals surface area contributed by atoms with Crippen LogP contribution in [0.25, 0.3) is 0 Å². The normalized spacial score (nSPS) is 26.6. The molecule has 2 unspecified atom stereocenters. The quantitative estimate of drug-likeness (QED) is 0.671. The molecule has 1 N–H and O–H groups in total. The first kappa shape index (κ1) is 11.9. The minimum atomic E-state index is -3.93. The summed E-state index contributed by atoms with van der Waals surface area (Å²) in [6.07, 6.45) is 0.528. The van der Waals surface area contributed by atoms with E-state index < -0.39 is 16.2 Å². The standard InChI is InChI=1S/C8H17NO4S/c1-9-4-3-7(5-9)8(13-2)6-14(10,11)12/h7-8H,3-6H2,1-2H3,(H,10,11,12). The molecule has 0 radical (unpaired) electrons. The molecule has 2 atom stereocenters. The summed E-state index contributed by atoms with van der Waals surface area (Å²) in [6, 6.07) is 0. The van der Waals surface area contributed by atoms with Crippen LogP contribution in [0.3, 0.4) is 0 Å². The maximum atomic E-state index is 10.7. The summed E-state index contributed by atoms with van der Waals surface area (Å²) in [5.74, 6) is -0.103. The molecule has 1 aliphatic rings. The zero-order valence-corrected chi connectivity index (χ0v) is 9.33. The Morgan fingerprint density at radius 3 is 2.64 bits per heavy atom. The average molecular weight is 223 g/mol. The third-order valence-electron chi connectivity index (χ3n) is 2.63. The molecule has 1 saturated heterocycles. The third-order valence-corrected chi connectivity index (χ3v) is 3.38. The van der Waals surface area contributed by atoms with Crippen molar-refractivity contribution in [1.82, 2.24) is 4.90 Å². The molecule has 0 saturated carbocycles. The molecule has 84 valence electrons. The predicted molar refractivity (Wildman–Crippen MR) is 52.8 cm³/mol. The number of rotatable bonds is 4. The fourth-order valence-electron chi connectivity index (χ4n) is 1.88. The van der Waals surface area contributed by atoms with Gasteiger partial charge in [0, 0.05) is 19.6 Å². The first-order valence-electron chi connectivity index (χ1n) is 4.59. The van der Waals surface area contributed by atoms with Crippen LogP contribution in [-0.2, 0) is 14.9 Å². The number of methoxy groups -OCH3 is 1. The second kappa shape index (κ2) is 4.57. The molecule has 1 fully saturated rings. The second-order valence-electron chi connectivity index (χ2n) is 3.83. The Hall–Kier alpha value is -0.170. The Morgan fingerprint density at radius 1 is 1.64 bits per heavy atom. The number of likely N-dealkylation sites (tertiary alicyclic amines) is 1. The molecule has 5 nitrogen and oxygen atoms in total. The molecule has 0 spiro atoms. The van der Waals surface area contributed by atoms with E-state index in [9.17, 15) is 8.42 Å². The Balaban J connectivity index is 2.54. The van der Waals surface area contributed by atoms with Crippen LogP contribution >= 0.6 is 0 Å². The lowest BCUT2D eigenvalue weighted by Gasteiger charge is -2.20. The largest absolute Gasteiger partial charge is 0.380 e. The number of ether oxygens (including phenoxy) is 1. The Morgan fingerprint density at radius 2 is 2.29 bits per heavy atom. The van der Waals surface area contributed by atoms with Gasteiger partial charge in [0.25, 0.3) is 10.1 Å². The van der Waals surface area contributed by atoms with Gasteiger partial charge in [0.1, 0.15) is 5.75 Å². The fraction of sp³-hybridized carbons (Fsp3) is 1.00. The fourth-order valence-corrected chi connectivity index (χ4v) is 2.70. The molecule has 1 heterocycles. The maximum Gasteiger partial charge on any atom is 0.267 e. The summed E-state index contributed by atoms with van der Waals surface area (Å²) in [7, 11) is -0.467. The summed E-state index contributed by atoms with van der Waals surface area (Å²) in [5, 5.41) is 0. The van der Waals surface area contributed by atoms with E-state index >= 15 is 0 Å². The smallest absolute Gasteiger partial charge is 0.267 e. The van der Waals surface area contributed by atoms with Gasteiger partial charge in [-0.3, -0.25) is 4.55 Å². The van der Waals surface area contributed by atoms with E-state index in [4.69, 9.17) is 9.29 Å². The van der Waals surface area contributed by atoms with Crippen LogP contribution in [0.1, 0.15) is 6.42 Å². The molecule has 0 aliphatic carbocycles. The topological polar surface area (TPSA) is 66.8 Å². The van der Waals surface area contributed by atoms with Gasteiger partial charge in [-0.25, -0.2) is 0 Å². The summed E-state index contributed by atoms with van der Waals surface area (Å²) in [5.41, 5.74) is 0. The second-order valence-corrected chi connectivity index (χ2v) is 5.33. The van der Waals surface area contributed by atoms with Crippen molar-refractivity contribution in [2.75, 3.05) is 33.0 Å². The van der Waals surface area contributed by atoms with Crippen LogP contribution in [0, 0.1) is 5.92 Å². The van der Waals surface area contributed by atoms with Gasteiger partial charge in [-0.1, -0.05) is 0 Å². The highest BCUT2D eigenvalue weighted by atomic mass is 32.2. The van der Waals surface area contributed by atoms with E-state index in [1.807, 2.05) is 7.05 Å². The molecular formula is C8H17NO4S. The zero-order chi connectivity index (χ0) is 10.8. The van der Waals surface area contributed by atoms with Crippen molar-refractivity contribution in [3.8, 4) is 0 Å². The average Bonchev–Trinajstić information content (AvgIpc) is 2.46. The van der Waals surface area contributed by atoms with E-state index in [-0.39, 0.29) is 11.7 Å². The molecular weight excluding hydrogens is 206 g/mol. The molecule has 0 amide bonds. The summed E-state index contributed by atoms with van der Waals surface area (Å²) < 4.78 is 35.2. The molecule has 14 heavy (non-hydrogen) atoms. The van der Waals surface area contributed by atoms with Gasteiger partial charge < -0.3 is 9.64 Å². The van der Waals surface area contributed by atoms with Crippen LogP contribution in [0.4, 0.5) is 0 Å². The highest BCUT2D eigenvalue weighted by Gasteiger charge is 2.30. The van der Waals surface area contributed by atoms with Crippen molar-refractivity contribution in [2.24, 2.45) is 5.92 Å². The van der Waals surface area contributed by atoms with Gasteiger partial charge in [-0.15, -0.1) is 0 Å². The molecule has 0 bridgehead atoms. The summed E-state index contributed by atoms with van der Waals surface area (Å²) >= 11 is 0. The molecule has 1 rings (SSSR count). The van der Waals surface area contributed by atoms with E-state index in [2.05, 4.69) is 4.90 Å².